The van der Waals surface area contributed by atoms with E-state index in [4.69, 9.17) is 15.3 Å². The third kappa shape index (κ3) is 8.84. The second-order valence-electron chi connectivity index (χ2n) is 1.70. The predicted octanol–water partition coefficient (Wildman–Crippen LogP) is 0.513. The minimum Gasteiger partial charge on any atom is -0.344 e. The molecule has 3 nitrogen and oxygen atoms in total. The molecule has 0 rings (SSSR count). The van der Waals surface area contributed by atoms with E-state index < -0.39 is 5.97 Å². The molecule has 56 valence electrons. The van der Waals surface area contributed by atoms with Crippen molar-refractivity contribution < 1.29 is 15.3 Å². The summed E-state index contributed by atoms with van der Waals surface area (Å²) in [6, 6.07) is 0. The molecule has 0 unspecified atom stereocenters. The summed E-state index contributed by atoms with van der Waals surface area (Å²) in [5.74, 6) is -2.53. The standard InChI is InChI=1S/C4H8Br2O3/c5-3(6)1-2-4(7,8)9/h3,7-9H,1-2H2. The highest BCUT2D eigenvalue weighted by molar-refractivity contribution is 9.24. The second kappa shape index (κ2) is 3.88. The van der Waals surface area contributed by atoms with E-state index in [0.29, 0.717) is 6.42 Å². The van der Waals surface area contributed by atoms with E-state index >= 15 is 0 Å². The fourth-order valence-electron chi connectivity index (χ4n) is 0.303. The molecule has 0 saturated carbocycles. The Morgan fingerprint density at radius 2 is 1.67 bits per heavy atom. The van der Waals surface area contributed by atoms with E-state index in [9.17, 15) is 0 Å². The number of aliphatic hydroxyl groups is 3. The van der Waals surface area contributed by atoms with Gasteiger partial charge in [-0.2, -0.15) is 0 Å². The molecule has 9 heavy (non-hydrogen) atoms. The number of halogens is 2. The zero-order valence-electron chi connectivity index (χ0n) is 4.59. The lowest BCUT2D eigenvalue weighted by Gasteiger charge is -2.13. The van der Waals surface area contributed by atoms with Crippen LogP contribution >= 0.6 is 31.9 Å². The third-order valence-electron chi connectivity index (χ3n) is 0.698. The largest absolute Gasteiger partial charge is 0.344 e. The van der Waals surface area contributed by atoms with Gasteiger partial charge in [-0.25, -0.2) is 0 Å². The van der Waals surface area contributed by atoms with Gasteiger partial charge in [0, 0.05) is 6.42 Å². The number of hydrogen-bond acceptors (Lipinski definition) is 3. The first-order valence-electron chi connectivity index (χ1n) is 2.37. The Morgan fingerprint density at radius 3 is 1.78 bits per heavy atom. The van der Waals surface area contributed by atoms with Crippen molar-refractivity contribution in [2.24, 2.45) is 0 Å². The average Bonchev–Trinajstić information content (AvgIpc) is 1.59. The Hall–Kier alpha value is 0.840. The van der Waals surface area contributed by atoms with Crippen LogP contribution in [0.5, 0.6) is 0 Å². The first-order chi connectivity index (χ1) is 3.92. The predicted molar refractivity (Wildman–Crippen MR) is 40.3 cm³/mol. The zero-order chi connectivity index (χ0) is 7.49. The fraction of sp³-hybridized carbons (Fsp3) is 1.00. The van der Waals surface area contributed by atoms with Crippen molar-refractivity contribution in [1.82, 2.24) is 0 Å². The summed E-state index contributed by atoms with van der Waals surface area (Å²) in [5, 5.41) is 25.0. The normalized spacial score (nSPS) is 12.7. The van der Waals surface area contributed by atoms with Gasteiger partial charge in [0.05, 0.1) is 3.74 Å². The van der Waals surface area contributed by atoms with Gasteiger partial charge in [0.15, 0.2) is 0 Å². The van der Waals surface area contributed by atoms with Gasteiger partial charge < -0.3 is 15.3 Å². The van der Waals surface area contributed by atoms with E-state index in [1.54, 1.807) is 0 Å². The van der Waals surface area contributed by atoms with E-state index in [2.05, 4.69) is 31.9 Å². The fourth-order valence-corrected chi connectivity index (χ4v) is 0.761. The summed E-state index contributed by atoms with van der Waals surface area (Å²) >= 11 is 6.22. The molecule has 0 aromatic carbocycles. The van der Waals surface area contributed by atoms with Crippen molar-refractivity contribution in [2.75, 3.05) is 0 Å². The molecule has 0 bridgehead atoms. The van der Waals surface area contributed by atoms with Gasteiger partial charge in [0.25, 0.3) is 5.97 Å². The number of alkyl halides is 2. The minimum absolute atomic E-state index is 0.0100. The maximum absolute atomic E-state index is 8.34. The summed E-state index contributed by atoms with van der Waals surface area (Å²) in [6.45, 7) is 0. The first kappa shape index (κ1) is 9.84. The average molecular weight is 264 g/mol. The lowest BCUT2D eigenvalue weighted by Crippen LogP contribution is -2.27. The molecule has 0 aromatic rings. The molecule has 0 aliphatic heterocycles. The van der Waals surface area contributed by atoms with Gasteiger partial charge in [-0.1, -0.05) is 31.9 Å². The molecule has 0 amide bonds. The second-order valence-corrected chi connectivity index (χ2v) is 5.14. The highest BCUT2D eigenvalue weighted by Crippen LogP contribution is 2.17. The van der Waals surface area contributed by atoms with E-state index in [-0.39, 0.29) is 10.2 Å². The topological polar surface area (TPSA) is 60.7 Å². The molecular formula is C4H8Br2O3. The highest BCUT2D eigenvalue weighted by Gasteiger charge is 2.18. The summed E-state index contributed by atoms with van der Waals surface area (Å²) in [5.41, 5.74) is 0. The first-order valence-corrected chi connectivity index (χ1v) is 4.20. The Balaban J connectivity index is 3.28. The molecule has 0 aliphatic carbocycles. The summed E-state index contributed by atoms with van der Waals surface area (Å²) in [7, 11) is 0. The van der Waals surface area contributed by atoms with Gasteiger partial charge in [-0.3, -0.25) is 0 Å². The van der Waals surface area contributed by atoms with Crippen molar-refractivity contribution in [3.63, 3.8) is 0 Å². The lowest BCUT2D eigenvalue weighted by molar-refractivity contribution is -0.314. The van der Waals surface area contributed by atoms with Crippen LogP contribution < -0.4 is 0 Å². The zero-order valence-corrected chi connectivity index (χ0v) is 7.76. The molecule has 0 radical (unpaired) electrons. The van der Waals surface area contributed by atoms with Crippen LogP contribution in [0.3, 0.4) is 0 Å². The van der Waals surface area contributed by atoms with Crippen molar-refractivity contribution in [1.29, 1.82) is 0 Å². The van der Waals surface area contributed by atoms with E-state index in [0.717, 1.165) is 0 Å². The molecule has 0 fully saturated rings. The Morgan fingerprint density at radius 1 is 1.22 bits per heavy atom. The maximum Gasteiger partial charge on any atom is 0.275 e. The van der Waals surface area contributed by atoms with Crippen LogP contribution in [-0.2, 0) is 0 Å². The number of hydrogen-bond donors (Lipinski definition) is 3. The molecule has 3 N–H and O–H groups in total. The summed E-state index contributed by atoms with van der Waals surface area (Å²) < 4.78 is 0.0100. The van der Waals surface area contributed by atoms with Crippen LogP contribution in [0.4, 0.5) is 0 Å². The third-order valence-corrected chi connectivity index (χ3v) is 1.61. The molecule has 0 aromatic heterocycles. The number of rotatable bonds is 3. The molecule has 0 saturated heterocycles. The SMILES string of the molecule is OC(O)(O)CCC(Br)Br. The van der Waals surface area contributed by atoms with Crippen LogP contribution in [-0.4, -0.2) is 25.0 Å². The van der Waals surface area contributed by atoms with Gasteiger partial charge in [0.1, 0.15) is 0 Å². The van der Waals surface area contributed by atoms with Crippen molar-refractivity contribution in [3.8, 4) is 0 Å². The monoisotopic (exact) mass is 262 g/mol. The van der Waals surface area contributed by atoms with Crippen LogP contribution in [0.1, 0.15) is 12.8 Å². The summed E-state index contributed by atoms with van der Waals surface area (Å²) in [4.78, 5) is 0. The molecule has 0 aliphatic rings. The van der Waals surface area contributed by atoms with Gasteiger partial charge in [-0.05, 0) is 6.42 Å². The van der Waals surface area contributed by atoms with Crippen molar-refractivity contribution >= 4 is 31.9 Å². The van der Waals surface area contributed by atoms with Gasteiger partial charge in [-0.15, -0.1) is 0 Å². The molecule has 0 heterocycles. The quantitative estimate of drug-likeness (QED) is 0.514. The maximum atomic E-state index is 8.34. The van der Waals surface area contributed by atoms with Crippen LogP contribution in [0.15, 0.2) is 0 Å². The Bertz CT molecular complexity index is 78.4. The van der Waals surface area contributed by atoms with Crippen molar-refractivity contribution in [2.45, 2.75) is 22.6 Å². The minimum atomic E-state index is -2.53. The molecule has 0 spiro atoms. The Kier molecular flexibility index (Phi) is 4.24. The Labute approximate surface area is 70.0 Å². The highest BCUT2D eigenvalue weighted by atomic mass is 79.9. The van der Waals surface area contributed by atoms with Crippen molar-refractivity contribution in [3.05, 3.63) is 0 Å². The molecular weight excluding hydrogens is 256 g/mol. The van der Waals surface area contributed by atoms with Gasteiger partial charge >= 0.3 is 0 Å². The van der Waals surface area contributed by atoms with Crippen LogP contribution in [0.25, 0.3) is 0 Å². The molecule has 0 atom stereocenters. The van der Waals surface area contributed by atoms with Crippen LogP contribution in [0, 0.1) is 0 Å². The van der Waals surface area contributed by atoms with Gasteiger partial charge in [0.2, 0.25) is 0 Å². The van der Waals surface area contributed by atoms with E-state index in [1.165, 1.54) is 0 Å². The van der Waals surface area contributed by atoms with Crippen LogP contribution in [0.2, 0.25) is 0 Å². The molecule has 5 heteroatoms. The summed E-state index contributed by atoms with van der Waals surface area (Å²) in [6.07, 6.45) is 0.373. The lowest BCUT2D eigenvalue weighted by atomic mass is 10.3. The smallest absolute Gasteiger partial charge is 0.275 e. The van der Waals surface area contributed by atoms with E-state index in [1.807, 2.05) is 0 Å².